The minimum Gasteiger partial charge on any atom is -0.459 e. The lowest BCUT2D eigenvalue weighted by Crippen LogP contribution is -2.16. The monoisotopic (exact) mass is 421 g/mol. The van der Waals surface area contributed by atoms with Crippen LogP contribution in [-0.4, -0.2) is 17.0 Å². The summed E-state index contributed by atoms with van der Waals surface area (Å²) in [6, 6.07) is 17.1. The molecule has 0 fully saturated rings. The maximum atomic E-state index is 12.7. The molecule has 2 heterocycles. The molecule has 0 aliphatic heterocycles. The van der Waals surface area contributed by atoms with Crippen molar-refractivity contribution in [3.05, 3.63) is 89.0 Å². The molecular weight excluding hydrogens is 406 g/mol. The number of hydrogen-bond donors (Lipinski definition) is 2. The van der Waals surface area contributed by atoms with Crippen LogP contribution in [0, 0.1) is 6.92 Å². The zero-order valence-electron chi connectivity index (χ0n) is 15.8. The van der Waals surface area contributed by atoms with E-state index >= 15 is 0 Å². The molecule has 0 radical (unpaired) electrons. The van der Waals surface area contributed by atoms with E-state index < -0.39 is 11.8 Å². The Morgan fingerprint density at radius 2 is 1.63 bits per heavy atom. The van der Waals surface area contributed by atoms with Gasteiger partial charge in [0, 0.05) is 16.7 Å². The van der Waals surface area contributed by atoms with Gasteiger partial charge >= 0.3 is 0 Å². The summed E-state index contributed by atoms with van der Waals surface area (Å²) >= 11 is 6.05. The molecular formula is C22H16ClN3O4. The molecule has 2 N–H and O–H groups in total. The average Bonchev–Trinajstić information content (AvgIpc) is 3.43. The number of amides is 2. The summed E-state index contributed by atoms with van der Waals surface area (Å²) in [5.41, 5.74) is 3.16. The highest BCUT2D eigenvalue weighted by Crippen LogP contribution is 2.27. The van der Waals surface area contributed by atoms with Crippen LogP contribution in [0.15, 0.2) is 75.9 Å². The molecule has 0 atom stereocenters. The number of nitrogens with zero attached hydrogens (tertiary/aromatic N) is 1. The number of aromatic nitrogens is 1. The van der Waals surface area contributed by atoms with Gasteiger partial charge in [0.1, 0.15) is 5.69 Å². The first-order valence-electron chi connectivity index (χ1n) is 8.99. The van der Waals surface area contributed by atoms with Gasteiger partial charge in [-0.15, -0.1) is 0 Å². The number of carbonyl (C=O) groups excluding carboxylic acids is 2. The van der Waals surface area contributed by atoms with Crippen LogP contribution >= 0.6 is 11.6 Å². The lowest BCUT2D eigenvalue weighted by atomic mass is 10.1. The number of halogens is 1. The normalized spacial score (nSPS) is 10.6. The van der Waals surface area contributed by atoms with Crippen LogP contribution in [0.3, 0.4) is 0 Å². The van der Waals surface area contributed by atoms with Crippen molar-refractivity contribution in [1.82, 2.24) is 5.16 Å². The minimum absolute atomic E-state index is 0.0313. The number of furan rings is 1. The SMILES string of the molecule is Cc1ccc(-c2cc(C(=O)Nc3ccc(Cl)cc3NC(=O)c3ccco3)on2)cc1. The van der Waals surface area contributed by atoms with E-state index in [1.165, 1.54) is 18.4 Å². The average molecular weight is 422 g/mol. The molecule has 0 saturated heterocycles. The van der Waals surface area contributed by atoms with Crippen LogP contribution in [0.2, 0.25) is 5.02 Å². The Hall–Kier alpha value is -3.84. The number of hydrogen-bond acceptors (Lipinski definition) is 5. The van der Waals surface area contributed by atoms with Gasteiger partial charge in [-0.25, -0.2) is 0 Å². The number of benzene rings is 2. The summed E-state index contributed by atoms with van der Waals surface area (Å²) in [6.45, 7) is 1.99. The van der Waals surface area contributed by atoms with Crippen LogP contribution in [0.1, 0.15) is 26.7 Å². The Balaban J connectivity index is 1.53. The molecule has 0 saturated carbocycles. The first kappa shape index (κ1) is 19.5. The van der Waals surface area contributed by atoms with Crippen molar-refractivity contribution in [2.75, 3.05) is 10.6 Å². The Morgan fingerprint density at radius 1 is 0.900 bits per heavy atom. The van der Waals surface area contributed by atoms with Gasteiger partial charge in [-0.1, -0.05) is 46.6 Å². The standard InChI is InChI=1S/C22H16ClN3O4/c1-13-4-6-14(7-5-13)17-12-20(30-26-17)22(28)24-16-9-8-15(23)11-18(16)25-21(27)19-3-2-10-29-19/h2-12H,1H3,(H,24,28)(H,25,27). The Kier molecular flexibility index (Phi) is 5.36. The Bertz CT molecular complexity index is 1200. The smallest absolute Gasteiger partial charge is 0.294 e. The topological polar surface area (TPSA) is 97.4 Å². The first-order valence-corrected chi connectivity index (χ1v) is 9.37. The van der Waals surface area contributed by atoms with E-state index in [0.29, 0.717) is 22.1 Å². The molecule has 2 aromatic heterocycles. The van der Waals surface area contributed by atoms with Crippen molar-refractivity contribution < 1.29 is 18.5 Å². The fourth-order valence-electron chi connectivity index (χ4n) is 2.75. The third-order valence-electron chi connectivity index (χ3n) is 4.30. The fraction of sp³-hybridized carbons (Fsp3) is 0.0455. The van der Waals surface area contributed by atoms with Gasteiger partial charge in [0.25, 0.3) is 11.8 Å². The third-order valence-corrected chi connectivity index (χ3v) is 4.54. The van der Waals surface area contributed by atoms with Crippen molar-refractivity contribution in [1.29, 1.82) is 0 Å². The predicted octanol–water partition coefficient (Wildman–Crippen LogP) is 5.40. The summed E-state index contributed by atoms with van der Waals surface area (Å²) in [5, 5.41) is 9.72. The second-order valence-corrected chi connectivity index (χ2v) is 6.95. The molecule has 2 aromatic carbocycles. The quantitative estimate of drug-likeness (QED) is 0.449. The fourth-order valence-corrected chi connectivity index (χ4v) is 2.92. The molecule has 4 aromatic rings. The molecule has 4 rings (SSSR count). The first-order chi connectivity index (χ1) is 14.5. The number of nitrogens with one attached hydrogen (secondary N) is 2. The molecule has 30 heavy (non-hydrogen) atoms. The van der Waals surface area contributed by atoms with Crippen LogP contribution < -0.4 is 10.6 Å². The molecule has 0 bridgehead atoms. The van der Waals surface area contributed by atoms with Gasteiger partial charge in [-0.3, -0.25) is 9.59 Å². The van der Waals surface area contributed by atoms with Crippen molar-refractivity contribution in [2.45, 2.75) is 6.92 Å². The summed E-state index contributed by atoms with van der Waals surface area (Å²) in [6.07, 6.45) is 1.39. The summed E-state index contributed by atoms with van der Waals surface area (Å²) in [4.78, 5) is 24.9. The van der Waals surface area contributed by atoms with Gasteiger partial charge < -0.3 is 19.6 Å². The lowest BCUT2D eigenvalue weighted by molar-refractivity contribution is 0.0981. The maximum Gasteiger partial charge on any atom is 0.294 e. The number of rotatable bonds is 5. The predicted molar refractivity (Wildman–Crippen MR) is 113 cm³/mol. The zero-order valence-corrected chi connectivity index (χ0v) is 16.6. The van der Waals surface area contributed by atoms with Crippen molar-refractivity contribution in [3.63, 3.8) is 0 Å². The highest BCUT2D eigenvalue weighted by atomic mass is 35.5. The van der Waals surface area contributed by atoms with Gasteiger partial charge in [0.15, 0.2) is 5.76 Å². The van der Waals surface area contributed by atoms with Crippen LogP contribution in [0.25, 0.3) is 11.3 Å². The van der Waals surface area contributed by atoms with Crippen molar-refractivity contribution in [2.24, 2.45) is 0 Å². The maximum absolute atomic E-state index is 12.7. The van der Waals surface area contributed by atoms with E-state index in [0.717, 1.165) is 11.1 Å². The van der Waals surface area contributed by atoms with E-state index in [9.17, 15) is 9.59 Å². The van der Waals surface area contributed by atoms with E-state index in [1.54, 1.807) is 24.3 Å². The molecule has 0 aliphatic carbocycles. The second kappa shape index (κ2) is 8.26. The van der Waals surface area contributed by atoms with E-state index in [1.807, 2.05) is 31.2 Å². The highest BCUT2D eigenvalue weighted by molar-refractivity contribution is 6.31. The van der Waals surface area contributed by atoms with Crippen molar-refractivity contribution in [3.8, 4) is 11.3 Å². The summed E-state index contributed by atoms with van der Waals surface area (Å²) < 4.78 is 10.3. The van der Waals surface area contributed by atoms with Crippen LogP contribution in [0.4, 0.5) is 11.4 Å². The zero-order chi connectivity index (χ0) is 21.1. The molecule has 150 valence electrons. The van der Waals surface area contributed by atoms with Gasteiger partial charge in [0.2, 0.25) is 5.76 Å². The number of anilines is 2. The molecule has 0 unspecified atom stereocenters. The lowest BCUT2D eigenvalue weighted by Gasteiger charge is -2.11. The summed E-state index contributed by atoms with van der Waals surface area (Å²) in [5.74, 6) is -0.829. The number of aryl methyl sites for hydroxylation is 1. The third kappa shape index (κ3) is 4.26. The Morgan fingerprint density at radius 3 is 2.37 bits per heavy atom. The Labute approximate surface area is 176 Å². The molecule has 0 spiro atoms. The van der Waals surface area contributed by atoms with E-state index in [-0.39, 0.29) is 11.5 Å². The number of carbonyl (C=O) groups is 2. The molecule has 7 nitrogen and oxygen atoms in total. The highest BCUT2D eigenvalue weighted by Gasteiger charge is 2.18. The largest absolute Gasteiger partial charge is 0.459 e. The minimum atomic E-state index is -0.517. The van der Waals surface area contributed by atoms with Crippen LogP contribution in [0.5, 0.6) is 0 Å². The van der Waals surface area contributed by atoms with Gasteiger partial charge in [0.05, 0.1) is 17.6 Å². The van der Waals surface area contributed by atoms with Gasteiger partial charge in [-0.2, -0.15) is 0 Å². The van der Waals surface area contributed by atoms with E-state index in [2.05, 4.69) is 15.8 Å². The van der Waals surface area contributed by atoms with Crippen molar-refractivity contribution >= 4 is 34.8 Å². The summed E-state index contributed by atoms with van der Waals surface area (Å²) in [7, 11) is 0. The molecule has 8 heteroatoms. The molecule has 2 amide bonds. The van der Waals surface area contributed by atoms with Gasteiger partial charge in [-0.05, 0) is 37.3 Å². The van der Waals surface area contributed by atoms with E-state index in [4.69, 9.17) is 20.5 Å². The molecule has 0 aliphatic rings. The second-order valence-electron chi connectivity index (χ2n) is 6.52. The van der Waals surface area contributed by atoms with Crippen LogP contribution in [-0.2, 0) is 0 Å².